The average molecular weight is 252 g/mol. The van der Waals surface area contributed by atoms with Gasteiger partial charge in [0.1, 0.15) is 5.56 Å². The number of esters is 1. The molecule has 0 aromatic heterocycles. The normalized spacial score (nSPS) is 11.2. The van der Waals surface area contributed by atoms with Crippen LogP contribution in [0.5, 0.6) is 5.75 Å². The highest BCUT2D eigenvalue weighted by Crippen LogP contribution is 2.36. The maximum atomic E-state index is 13.6. The minimum Gasteiger partial charge on any atom is -0.494 e. The van der Waals surface area contributed by atoms with E-state index in [9.17, 15) is 22.4 Å². The van der Waals surface area contributed by atoms with E-state index in [1.807, 2.05) is 0 Å². The Kier molecular flexibility index (Phi) is 3.59. The maximum Gasteiger partial charge on any atom is 0.417 e. The molecule has 1 aromatic rings. The van der Waals surface area contributed by atoms with E-state index in [4.69, 9.17) is 0 Å². The average Bonchev–Trinajstić information content (AvgIpc) is 2.26. The molecule has 0 saturated heterocycles. The van der Waals surface area contributed by atoms with Crippen molar-refractivity contribution in [1.29, 1.82) is 0 Å². The first-order valence-electron chi connectivity index (χ1n) is 4.35. The van der Waals surface area contributed by atoms with Gasteiger partial charge < -0.3 is 9.47 Å². The van der Waals surface area contributed by atoms with E-state index in [0.29, 0.717) is 6.07 Å². The molecule has 1 aromatic carbocycles. The van der Waals surface area contributed by atoms with E-state index < -0.39 is 34.8 Å². The first kappa shape index (κ1) is 13.3. The highest BCUT2D eigenvalue weighted by atomic mass is 19.4. The molecule has 17 heavy (non-hydrogen) atoms. The molecule has 0 aliphatic rings. The highest BCUT2D eigenvalue weighted by molar-refractivity contribution is 5.92. The van der Waals surface area contributed by atoms with Crippen molar-refractivity contribution in [2.24, 2.45) is 0 Å². The summed E-state index contributed by atoms with van der Waals surface area (Å²) in [6.07, 6.45) is -4.85. The second kappa shape index (κ2) is 4.60. The van der Waals surface area contributed by atoms with Crippen molar-refractivity contribution < 1.29 is 31.8 Å². The van der Waals surface area contributed by atoms with Gasteiger partial charge in [-0.2, -0.15) is 13.2 Å². The minimum absolute atomic E-state index is 0.460. The lowest BCUT2D eigenvalue weighted by Crippen LogP contribution is -2.16. The van der Waals surface area contributed by atoms with Crippen LogP contribution in [-0.2, 0) is 10.9 Å². The standard InChI is InChI=1S/C10H8F4O3/c1-16-6-4-3-5(10(12,13)14)7(8(6)11)9(15)17-2/h3-4H,1-2H3. The van der Waals surface area contributed by atoms with Crippen LogP contribution < -0.4 is 4.74 Å². The number of hydrogen-bond acceptors (Lipinski definition) is 3. The summed E-state index contributed by atoms with van der Waals surface area (Å²) in [6.45, 7) is 0. The molecule has 7 heteroatoms. The van der Waals surface area contributed by atoms with Crippen LogP contribution in [0, 0.1) is 5.82 Å². The molecule has 0 saturated carbocycles. The van der Waals surface area contributed by atoms with Gasteiger partial charge in [-0.1, -0.05) is 0 Å². The SMILES string of the molecule is COC(=O)c1c(C(F)(F)F)ccc(OC)c1F. The van der Waals surface area contributed by atoms with Gasteiger partial charge in [-0.3, -0.25) is 0 Å². The van der Waals surface area contributed by atoms with Gasteiger partial charge in [0.05, 0.1) is 19.8 Å². The third-order valence-corrected chi connectivity index (χ3v) is 2.02. The Hall–Kier alpha value is -1.79. The zero-order chi connectivity index (χ0) is 13.2. The summed E-state index contributed by atoms with van der Waals surface area (Å²) < 4.78 is 59.8. The van der Waals surface area contributed by atoms with Crippen LogP contribution in [0.3, 0.4) is 0 Å². The third-order valence-electron chi connectivity index (χ3n) is 2.02. The molecule has 0 atom stereocenters. The number of methoxy groups -OCH3 is 2. The number of carbonyl (C=O) groups excluding carboxylic acids is 1. The topological polar surface area (TPSA) is 35.5 Å². The fraction of sp³-hybridized carbons (Fsp3) is 0.300. The first-order valence-corrected chi connectivity index (χ1v) is 4.35. The van der Waals surface area contributed by atoms with Crippen LogP contribution >= 0.6 is 0 Å². The van der Waals surface area contributed by atoms with Gasteiger partial charge in [0.25, 0.3) is 0 Å². The Balaban J connectivity index is 3.52. The highest BCUT2D eigenvalue weighted by Gasteiger charge is 2.38. The number of ether oxygens (including phenoxy) is 2. The van der Waals surface area contributed by atoms with Gasteiger partial charge >= 0.3 is 12.1 Å². The lowest BCUT2D eigenvalue weighted by molar-refractivity contribution is -0.138. The van der Waals surface area contributed by atoms with Crippen LogP contribution in [-0.4, -0.2) is 20.2 Å². The molecule has 0 fully saturated rings. The molecule has 0 N–H and O–H groups in total. The van der Waals surface area contributed by atoms with Crippen LogP contribution in [0.1, 0.15) is 15.9 Å². The molecular formula is C10H8F4O3. The fourth-order valence-corrected chi connectivity index (χ4v) is 1.25. The predicted octanol–water partition coefficient (Wildman–Crippen LogP) is 2.64. The number of benzene rings is 1. The van der Waals surface area contributed by atoms with Crippen molar-refractivity contribution in [2.45, 2.75) is 6.18 Å². The maximum absolute atomic E-state index is 13.6. The van der Waals surface area contributed by atoms with Crippen LogP contribution in [0.25, 0.3) is 0 Å². The summed E-state index contributed by atoms with van der Waals surface area (Å²) in [5, 5.41) is 0. The number of carbonyl (C=O) groups is 1. The Bertz CT molecular complexity index is 440. The van der Waals surface area contributed by atoms with E-state index in [1.54, 1.807) is 0 Å². The van der Waals surface area contributed by atoms with Crippen LogP contribution in [0.4, 0.5) is 17.6 Å². The summed E-state index contributed by atoms with van der Waals surface area (Å²) in [5.41, 5.74) is -2.58. The summed E-state index contributed by atoms with van der Waals surface area (Å²) >= 11 is 0. The monoisotopic (exact) mass is 252 g/mol. The fourth-order valence-electron chi connectivity index (χ4n) is 1.25. The van der Waals surface area contributed by atoms with Gasteiger partial charge in [0.15, 0.2) is 11.6 Å². The Morgan fingerprint density at radius 1 is 1.24 bits per heavy atom. The van der Waals surface area contributed by atoms with E-state index in [1.165, 1.54) is 0 Å². The van der Waals surface area contributed by atoms with E-state index in [0.717, 1.165) is 20.3 Å². The van der Waals surface area contributed by atoms with E-state index in [-0.39, 0.29) is 0 Å². The Morgan fingerprint density at radius 3 is 2.24 bits per heavy atom. The van der Waals surface area contributed by atoms with E-state index in [2.05, 4.69) is 9.47 Å². The molecular weight excluding hydrogens is 244 g/mol. The molecule has 0 radical (unpaired) electrons. The molecule has 0 bridgehead atoms. The van der Waals surface area contributed by atoms with Gasteiger partial charge in [-0.15, -0.1) is 0 Å². The third kappa shape index (κ3) is 2.48. The van der Waals surface area contributed by atoms with E-state index >= 15 is 0 Å². The number of hydrogen-bond donors (Lipinski definition) is 0. The molecule has 0 aliphatic carbocycles. The molecule has 0 unspecified atom stereocenters. The van der Waals surface area contributed by atoms with Crippen molar-refractivity contribution in [2.75, 3.05) is 14.2 Å². The predicted molar refractivity (Wildman–Crippen MR) is 49.3 cm³/mol. The molecule has 0 aliphatic heterocycles. The van der Waals surface area contributed by atoms with Gasteiger partial charge in [-0.25, -0.2) is 9.18 Å². The van der Waals surface area contributed by atoms with Crippen molar-refractivity contribution >= 4 is 5.97 Å². The quantitative estimate of drug-likeness (QED) is 0.599. The number of rotatable bonds is 2. The zero-order valence-corrected chi connectivity index (χ0v) is 8.89. The summed E-state index contributed by atoms with van der Waals surface area (Å²) in [4.78, 5) is 11.2. The summed E-state index contributed by atoms with van der Waals surface area (Å²) in [5.74, 6) is -3.26. The second-order valence-corrected chi connectivity index (χ2v) is 2.99. The van der Waals surface area contributed by atoms with Crippen molar-refractivity contribution in [3.8, 4) is 5.75 Å². The summed E-state index contributed by atoms with van der Waals surface area (Å²) in [6, 6.07) is 1.36. The lowest BCUT2D eigenvalue weighted by atomic mass is 10.1. The minimum atomic E-state index is -4.85. The first-order chi connectivity index (χ1) is 7.82. The molecule has 1 rings (SSSR count). The molecule has 3 nitrogen and oxygen atoms in total. The molecule has 0 heterocycles. The van der Waals surface area contributed by atoms with Crippen LogP contribution in [0.15, 0.2) is 12.1 Å². The van der Waals surface area contributed by atoms with Crippen molar-refractivity contribution in [3.63, 3.8) is 0 Å². The summed E-state index contributed by atoms with van der Waals surface area (Å²) in [7, 11) is 1.94. The smallest absolute Gasteiger partial charge is 0.417 e. The van der Waals surface area contributed by atoms with Crippen molar-refractivity contribution in [3.05, 3.63) is 29.1 Å². The Morgan fingerprint density at radius 2 is 1.82 bits per heavy atom. The number of halogens is 4. The van der Waals surface area contributed by atoms with Gasteiger partial charge in [0.2, 0.25) is 0 Å². The molecule has 0 amide bonds. The second-order valence-electron chi connectivity index (χ2n) is 2.99. The molecule has 0 spiro atoms. The lowest BCUT2D eigenvalue weighted by Gasteiger charge is -2.13. The van der Waals surface area contributed by atoms with Crippen LogP contribution in [0.2, 0.25) is 0 Å². The van der Waals surface area contributed by atoms with Gasteiger partial charge in [-0.05, 0) is 12.1 Å². The van der Waals surface area contributed by atoms with Gasteiger partial charge in [0, 0.05) is 0 Å². The zero-order valence-electron chi connectivity index (χ0n) is 8.89. The largest absolute Gasteiger partial charge is 0.494 e. The van der Waals surface area contributed by atoms with Crippen molar-refractivity contribution in [1.82, 2.24) is 0 Å². The number of alkyl halides is 3. The molecule has 94 valence electrons. The Labute approximate surface area is 93.9 Å².